The van der Waals surface area contributed by atoms with Crippen LogP contribution < -0.4 is 0 Å². The molecule has 1 fully saturated rings. The van der Waals surface area contributed by atoms with Crippen LogP contribution in [0.3, 0.4) is 0 Å². The largest absolute Gasteiger partial charge is 0.390 e. The van der Waals surface area contributed by atoms with E-state index in [9.17, 15) is 15.3 Å². The van der Waals surface area contributed by atoms with Gasteiger partial charge in [-0.15, -0.1) is 0 Å². The summed E-state index contributed by atoms with van der Waals surface area (Å²) in [4.78, 5) is 0. The first kappa shape index (κ1) is 9.88. The second kappa shape index (κ2) is 3.68. The molecule has 0 aromatic rings. The van der Waals surface area contributed by atoms with Crippen molar-refractivity contribution in [3.05, 3.63) is 0 Å². The lowest BCUT2D eigenvalue weighted by Gasteiger charge is -2.37. The Kier molecular flexibility index (Phi) is 3.03. The Bertz CT molecular complexity index is 151. The van der Waals surface area contributed by atoms with Gasteiger partial charge in [-0.3, -0.25) is 0 Å². The van der Waals surface area contributed by atoms with E-state index in [-0.39, 0.29) is 6.42 Å². The molecule has 12 heavy (non-hydrogen) atoms. The van der Waals surface area contributed by atoms with Crippen LogP contribution in [-0.2, 0) is 4.74 Å². The summed E-state index contributed by atoms with van der Waals surface area (Å²) in [7, 11) is 1.33. The van der Waals surface area contributed by atoms with Crippen LogP contribution in [-0.4, -0.2) is 58.1 Å². The lowest BCUT2D eigenvalue weighted by Crippen LogP contribution is -2.56. The van der Waals surface area contributed by atoms with Crippen molar-refractivity contribution < 1.29 is 25.2 Å². The molecule has 0 spiro atoms. The fourth-order valence-electron chi connectivity index (χ4n) is 1.47. The SMILES string of the molecule is CO[C@H]1[C@H](O)[C@@H](O)[C@H](O)C[C@@H]1O. The number of hydrogen-bond acceptors (Lipinski definition) is 5. The fraction of sp³-hybridized carbons (Fsp3) is 1.00. The molecule has 0 amide bonds. The molecule has 5 nitrogen and oxygen atoms in total. The summed E-state index contributed by atoms with van der Waals surface area (Å²) in [6, 6.07) is 0. The van der Waals surface area contributed by atoms with Crippen molar-refractivity contribution >= 4 is 0 Å². The number of aliphatic hydroxyl groups excluding tert-OH is 4. The summed E-state index contributed by atoms with van der Waals surface area (Å²) in [6.45, 7) is 0. The van der Waals surface area contributed by atoms with Crippen molar-refractivity contribution in [3.63, 3.8) is 0 Å². The van der Waals surface area contributed by atoms with Crippen LogP contribution in [0.15, 0.2) is 0 Å². The van der Waals surface area contributed by atoms with E-state index in [1.165, 1.54) is 7.11 Å². The number of ether oxygens (including phenoxy) is 1. The lowest BCUT2D eigenvalue weighted by molar-refractivity contribution is -0.185. The van der Waals surface area contributed by atoms with Crippen LogP contribution in [0.4, 0.5) is 0 Å². The minimum atomic E-state index is -1.24. The van der Waals surface area contributed by atoms with Crippen LogP contribution in [0, 0.1) is 0 Å². The smallest absolute Gasteiger partial charge is 0.112 e. The van der Waals surface area contributed by atoms with E-state index < -0.39 is 30.5 Å². The molecule has 4 N–H and O–H groups in total. The van der Waals surface area contributed by atoms with Crippen molar-refractivity contribution in [1.29, 1.82) is 0 Å². The van der Waals surface area contributed by atoms with Crippen LogP contribution in [0.2, 0.25) is 0 Å². The molecule has 0 aromatic carbocycles. The van der Waals surface area contributed by atoms with Crippen LogP contribution in [0.25, 0.3) is 0 Å². The Balaban J connectivity index is 2.65. The molecule has 1 rings (SSSR count). The minimum Gasteiger partial charge on any atom is -0.390 e. The number of rotatable bonds is 1. The molecule has 0 bridgehead atoms. The van der Waals surface area contributed by atoms with Gasteiger partial charge in [-0.1, -0.05) is 0 Å². The van der Waals surface area contributed by atoms with Crippen LogP contribution in [0.5, 0.6) is 0 Å². The summed E-state index contributed by atoms with van der Waals surface area (Å²) < 4.78 is 4.76. The first-order valence-corrected chi connectivity index (χ1v) is 3.83. The third kappa shape index (κ3) is 1.60. The summed E-state index contributed by atoms with van der Waals surface area (Å²) in [5, 5.41) is 36.8. The second-order valence-electron chi connectivity index (χ2n) is 3.05. The molecule has 0 unspecified atom stereocenters. The first-order valence-electron chi connectivity index (χ1n) is 3.83. The van der Waals surface area contributed by atoms with Crippen molar-refractivity contribution in [2.45, 2.75) is 36.9 Å². The molecule has 0 radical (unpaired) electrons. The van der Waals surface area contributed by atoms with Crippen LogP contribution in [0.1, 0.15) is 6.42 Å². The molecule has 1 aliphatic carbocycles. The van der Waals surface area contributed by atoms with Crippen molar-refractivity contribution in [2.24, 2.45) is 0 Å². The average molecular weight is 178 g/mol. The van der Waals surface area contributed by atoms with Gasteiger partial charge in [0.05, 0.1) is 12.2 Å². The van der Waals surface area contributed by atoms with Gasteiger partial charge >= 0.3 is 0 Å². The van der Waals surface area contributed by atoms with E-state index in [2.05, 4.69) is 0 Å². The van der Waals surface area contributed by atoms with Gasteiger partial charge in [0.1, 0.15) is 18.3 Å². The highest BCUT2D eigenvalue weighted by Crippen LogP contribution is 2.22. The Hall–Kier alpha value is -0.200. The highest BCUT2D eigenvalue weighted by molar-refractivity contribution is 4.93. The molecule has 0 aromatic heterocycles. The van der Waals surface area contributed by atoms with Gasteiger partial charge in [0.25, 0.3) is 0 Å². The fourth-order valence-corrected chi connectivity index (χ4v) is 1.47. The molecule has 1 saturated carbocycles. The molecule has 72 valence electrons. The van der Waals surface area contributed by atoms with Gasteiger partial charge in [-0.05, 0) is 0 Å². The standard InChI is InChI=1S/C7H14O5/c1-12-7-4(9)2-3(8)5(10)6(7)11/h3-11H,2H2,1H3/t3-,4+,5+,6-,7-/m1/s1. The van der Waals surface area contributed by atoms with E-state index in [0.717, 1.165) is 0 Å². The number of aliphatic hydroxyl groups is 4. The Labute approximate surface area is 70.2 Å². The Morgan fingerprint density at radius 2 is 1.58 bits per heavy atom. The average Bonchev–Trinajstić information content (AvgIpc) is 2.01. The van der Waals surface area contributed by atoms with Crippen molar-refractivity contribution in [3.8, 4) is 0 Å². The van der Waals surface area contributed by atoms with Gasteiger partial charge in [0, 0.05) is 13.5 Å². The molecule has 0 heterocycles. The summed E-state index contributed by atoms with van der Waals surface area (Å²) in [6.07, 6.45) is -5.27. The van der Waals surface area contributed by atoms with E-state index in [0.29, 0.717) is 0 Å². The third-order valence-corrected chi connectivity index (χ3v) is 2.22. The molecular formula is C7H14O5. The third-order valence-electron chi connectivity index (χ3n) is 2.22. The molecule has 5 heteroatoms. The van der Waals surface area contributed by atoms with Gasteiger partial charge in [-0.25, -0.2) is 0 Å². The maximum Gasteiger partial charge on any atom is 0.112 e. The zero-order valence-electron chi connectivity index (χ0n) is 6.79. The van der Waals surface area contributed by atoms with Crippen LogP contribution >= 0.6 is 0 Å². The zero-order chi connectivity index (χ0) is 9.30. The first-order chi connectivity index (χ1) is 5.57. The molecular weight excluding hydrogens is 164 g/mol. The molecule has 1 aliphatic rings. The van der Waals surface area contributed by atoms with Gasteiger partial charge in [-0.2, -0.15) is 0 Å². The zero-order valence-corrected chi connectivity index (χ0v) is 6.79. The van der Waals surface area contributed by atoms with Crippen molar-refractivity contribution in [2.75, 3.05) is 7.11 Å². The van der Waals surface area contributed by atoms with Gasteiger partial charge in [0.2, 0.25) is 0 Å². The molecule has 0 aliphatic heterocycles. The van der Waals surface area contributed by atoms with E-state index in [4.69, 9.17) is 9.84 Å². The maximum atomic E-state index is 9.28. The van der Waals surface area contributed by atoms with E-state index >= 15 is 0 Å². The van der Waals surface area contributed by atoms with E-state index in [1.54, 1.807) is 0 Å². The monoisotopic (exact) mass is 178 g/mol. The predicted molar refractivity (Wildman–Crippen MR) is 39.4 cm³/mol. The van der Waals surface area contributed by atoms with Gasteiger partial charge < -0.3 is 25.2 Å². The number of hydrogen-bond donors (Lipinski definition) is 4. The van der Waals surface area contributed by atoms with Gasteiger partial charge in [0.15, 0.2) is 0 Å². The quantitative estimate of drug-likeness (QED) is 0.367. The minimum absolute atomic E-state index is 0.0245. The Morgan fingerprint density at radius 3 is 2.08 bits per heavy atom. The summed E-state index contributed by atoms with van der Waals surface area (Å²) in [5.41, 5.74) is 0. The molecule has 0 saturated heterocycles. The topological polar surface area (TPSA) is 90.2 Å². The number of methoxy groups -OCH3 is 1. The normalized spacial score (nSPS) is 49.2. The molecule has 5 atom stereocenters. The highest BCUT2D eigenvalue weighted by atomic mass is 16.5. The summed E-state index contributed by atoms with van der Waals surface area (Å²) >= 11 is 0. The lowest BCUT2D eigenvalue weighted by atomic mass is 9.87. The summed E-state index contributed by atoms with van der Waals surface area (Å²) in [5.74, 6) is 0. The maximum absolute atomic E-state index is 9.28. The highest BCUT2D eigenvalue weighted by Gasteiger charge is 2.42. The Morgan fingerprint density at radius 1 is 1.00 bits per heavy atom. The predicted octanol–water partition coefficient (Wildman–Crippen LogP) is -2.15. The second-order valence-corrected chi connectivity index (χ2v) is 3.05. The van der Waals surface area contributed by atoms with Crippen molar-refractivity contribution in [1.82, 2.24) is 0 Å². The van der Waals surface area contributed by atoms with E-state index in [1.807, 2.05) is 0 Å².